The minimum atomic E-state index is 0.00662. The Morgan fingerprint density at radius 3 is 2.50 bits per heavy atom. The monoisotopic (exact) mass is 168 g/mol. The topological polar surface area (TPSA) is 55.1 Å². The van der Waals surface area contributed by atoms with E-state index in [-0.39, 0.29) is 11.4 Å². The van der Waals surface area contributed by atoms with Crippen LogP contribution in [0.5, 0.6) is 0 Å². The van der Waals surface area contributed by atoms with Crippen molar-refractivity contribution in [1.29, 1.82) is 0 Å². The van der Waals surface area contributed by atoms with Gasteiger partial charge in [0.05, 0.1) is 5.54 Å². The molecule has 0 bridgehead atoms. The zero-order chi connectivity index (χ0) is 8.60. The Morgan fingerprint density at radius 1 is 1.50 bits per heavy atom. The molecule has 2 fully saturated rings. The molecule has 0 spiro atoms. The largest absolute Gasteiger partial charge is 0.349 e. The molecule has 3 N–H and O–H groups in total. The van der Waals surface area contributed by atoms with Gasteiger partial charge in [-0.05, 0) is 25.7 Å². The van der Waals surface area contributed by atoms with Crippen molar-refractivity contribution in [1.82, 2.24) is 5.32 Å². The number of nitrogens with two attached hydrogens (primary N) is 1. The third kappa shape index (κ3) is 1.33. The first-order valence-electron chi connectivity index (χ1n) is 4.78. The van der Waals surface area contributed by atoms with E-state index in [9.17, 15) is 4.79 Å². The van der Waals surface area contributed by atoms with E-state index in [1.807, 2.05) is 0 Å². The van der Waals surface area contributed by atoms with Gasteiger partial charge in [0.25, 0.3) is 0 Å². The van der Waals surface area contributed by atoms with Gasteiger partial charge in [0.15, 0.2) is 0 Å². The molecule has 2 aliphatic carbocycles. The highest BCUT2D eigenvalue weighted by molar-refractivity contribution is 5.80. The Hall–Kier alpha value is -0.570. The van der Waals surface area contributed by atoms with E-state index in [4.69, 9.17) is 5.73 Å². The molecule has 3 nitrogen and oxygen atoms in total. The van der Waals surface area contributed by atoms with Crippen LogP contribution in [0.3, 0.4) is 0 Å². The standard InChI is InChI=1S/C9H16N2O/c10-6-9(4-5-9)11-8(12)7-2-1-3-7/h7H,1-6,10H2,(H,11,12). The molecule has 0 saturated heterocycles. The second-order valence-electron chi connectivity index (χ2n) is 4.10. The van der Waals surface area contributed by atoms with E-state index in [1.165, 1.54) is 6.42 Å². The van der Waals surface area contributed by atoms with Crippen LogP contribution in [0.4, 0.5) is 0 Å². The highest BCUT2D eigenvalue weighted by atomic mass is 16.2. The molecule has 3 heteroatoms. The number of carbonyl (C=O) groups is 1. The molecule has 68 valence electrons. The average Bonchev–Trinajstić information content (AvgIpc) is 2.65. The van der Waals surface area contributed by atoms with Crippen LogP contribution in [0.25, 0.3) is 0 Å². The normalized spacial score (nSPS) is 26.1. The molecule has 12 heavy (non-hydrogen) atoms. The van der Waals surface area contributed by atoms with Crippen molar-refractivity contribution >= 4 is 5.91 Å². The Labute approximate surface area is 72.7 Å². The van der Waals surface area contributed by atoms with Crippen LogP contribution in [0.1, 0.15) is 32.1 Å². The maximum atomic E-state index is 11.5. The predicted octanol–water partition coefficient (Wildman–Crippen LogP) is 0.394. The summed E-state index contributed by atoms with van der Waals surface area (Å²) < 4.78 is 0. The van der Waals surface area contributed by atoms with Crippen molar-refractivity contribution in [3.8, 4) is 0 Å². The summed E-state index contributed by atoms with van der Waals surface area (Å²) in [6.07, 6.45) is 5.51. The molecule has 0 aromatic heterocycles. The molecule has 2 saturated carbocycles. The summed E-state index contributed by atoms with van der Waals surface area (Å²) in [7, 11) is 0. The molecule has 0 aromatic carbocycles. The van der Waals surface area contributed by atoms with Crippen LogP contribution >= 0.6 is 0 Å². The van der Waals surface area contributed by atoms with Gasteiger partial charge in [-0.3, -0.25) is 4.79 Å². The number of nitrogens with one attached hydrogen (secondary N) is 1. The van der Waals surface area contributed by atoms with Crippen molar-refractivity contribution in [3.63, 3.8) is 0 Å². The summed E-state index contributed by atoms with van der Waals surface area (Å²) in [5, 5.41) is 3.06. The van der Waals surface area contributed by atoms with Gasteiger partial charge < -0.3 is 11.1 Å². The van der Waals surface area contributed by atoms with E-state index < -0.39 is 0 Å². The van der Waals surface area contributed by atoms with Crippen molar-refractivity contribution < 1.29 is 4.79 Å². The number of carbonyl (C=O) groups excluding carboxylic acids is 1. The minimum absolute atomic E-state index is 0.00662. The number of hydrogen-bond acceptors (Lipinski definition) is 2. The first-order valence-corrected chi connectivity index (χ1v) is 4.78. The van der Waals surface area contributed by atoms with Crippen LogP contribution < -0.4 is 11.1 Å². The number of amides is 1. The van der Waals surface area contributed by atoms with Gasteiger partial charge >= 0.3 is 0 Å². The van der Waals surface area contributed by atoms with Crippen molar-refractivity contribution in [2.24, 2.45) is 11.7 Å². The molecule has 0 aliphatic heterocycles. The van der Waals surface area contributed by atoms with Gasteiger partial charge in [-0.2, -0.15) is 0 Å². The number of rotatable bonds is 3. The summed E-state index contributed by atoms with van der Waals surface area (Å²) in [5.74, 6) is 0.540. The van der Waals surface area contributed by atoms with Crippen LogP contribution in [0.15, 0.2) is 0 Å². The Morgan fingerprint density at radius 2 is 2.17 bits per heavy atom. The van der Waals surface area contributed by atoms with Gasteiger partial charge in [-0.1, -0.05) is 6.42 Å². The first kappa shape index (κ1) is 8.05. The second-order valence-corrected chi connectivity index (χ2v) is 4.10. The molecular weight excluding hydrogens is 152 g/mol. The van der Waals surface area contributed by atoms with Crippen molar-refractivity contribution in [2.75, 3.05) is 6.54 Å². The van der Waals surface area contributed by atoms with E-state index >= 15 is 0 Å². The fourth-order valence-corrected chi connectivity index (χ4v) is 1.56. The fraction of sp³-hybridized carbons (Fsp3) is 0.889. The molecule has 0 atom stereocenters. The highest BCUT2D eigenvalue weighted by Crippen LogP contribution is 2.35. The van der Waals surface area contributed by atoms with Gasteiger partial charge in [0.1, 0.15) is 0 Å². The molecule has 1 amide bonds. The molecule has 2 aliphatic rings. The lowest BCUT2D eigenvalue weighted by Crippen LogP contribution is -2.46. The summed E-state index contributed by atoms with van der Waals surface area (Å²) in [6.45, 7) is 0.603. The summed E-state index contributed by atoms with van der Waals surface area (Å²) in [5.41, 5.74) is 5.57. The van der Waals surface area contributed by atoms with Crippen LogP contribution in [0, 0.1) is 5.92 Å². The van der Waals surface area contributed by atoms with Gasteiger partial charge in [-0.15, -0.1) is 0 Å². The molecule has 0 aromatic rings. The first-order chi connectivity index (χ1) is 5.76. The zero-order valence-electron chi connectivity index (χ0n) is 7.31. The van der Waals surface area contributed by atoms with E-state index in [0.29, 0.717) is 12.5 Å². The highest BCUT2D eigenvalue weighted by Gasteiger charge is 2.44. The van der Waals surface area contributed by atoms with Crippen molar-refractivity contribution in [3.05, 3.63) is 0 Å². The Kier molecular flexibility index (Phi) is 1.83. The lowest BCUT2D eigenvalue weighted by atomic mass is 9.84. The molecule has 0 radical (unpaired) electrons. The third-order valence-electron chi connectivity index (χ3n) is 3.11. The smallest absolute Gasteiger partial charge is 0.223 e. The number of hydrogen-bond donors (Lipinski definition) is 2. The molecular formula is C9H16N2O. The van der Waals surface area contributed by atoms with Crippen LogP contribution in [-0.4, -0.2) is 18.0 Å². The minimum Gasteiger partial charge on any atom is -0.349 e. The van der Waals surface area contributed by atoms with E-state index in [1.54, 1.807) is 0 Å². The molecule has 2 rings (SSSR count). The third-order valence-corrected chi connectivity index (χ3v) is 3.11. The Bertz CT molecular complexity index is 195. The van der Waals surface area contributed by atoms with Gasteiger partial charge in [0, 0.05) is 12.5 Å². The predicted molar refractivity (Wildman–Crippen MR) is 46.5 cm³/mol. The maximum absolute atomic E-state index is 11.5. The molecule has 0 unspecified atom stereocenters. The fourth-order valence-electron chi connectivity index (χ4n) is 1.56. The quantitative estimate of drug-likeness (QED) is 0.640. The van der Waals surface area contributed by atoms with Crippen LogP contribution in [-0.2, 0) is 4.79 Å². The van der Waals surface area contributed by atoms with Gasteiger partial charge in [0.2, 0.25) is 5.91 Å². The lowest BCUT2D eigenvalue weighted by molar-refractivity contribution is -0.128. The van der Waals surface area contributed by atoms with E-state index in [0.717, 1.165) is 25.7 Å². The zero-order valence-corrected chi connectivity index (χ0v) is 7.31. The SMILES string of the molecule is NCC1(NC(=O)C2CCC2)CC1. The van der Waals surface area contributed by atoms with E-state index in [2.05, 4.69) is 5.32 Å². The lowest BCUT2D eigenvalue weighted by Gasteiger charge is -2.26. The summed E-state index contributed by atoms with van der Waals surface area (Å²) in [6, 6.07) is 0. The Balaban J connectivity index is 1.81. The second kappa shape index (κ2) is 2.73. The average molecular weight is 168 g/mol. The van der Waals surface area contributed by atoms with Gasteiger partial charge in [-0.25, -0.2) is 0 Å². The summed E-state index contributed by atoms with van der Waals surface area (Å²) >= 11 is 0. The summed E-state index contributed by atoms with van der Waals surface area (Å²) in [4.78, 5) is 11.5. The molecule has 0 heterocycles. The maximum Gasteiger partial charge on any atom is 0.223 e. The van der Waals surface area contributed by atoms with Crippen LogP contribution in [0.2, 0.25) is 0 Å². The van der Waals surface area contributed by atoms with Crippen molar-refractivity contribution in [2.45, 2.75) is 37.6 Å².